The number of hydrogen-bond acceptors (Lipinski definition) is 3. The lowest BCUT2D eigenvalue weighted by Gasteiger charge is -2.17. The number of nitrogens with zero attached hydrogens (tertiary/aromatic N) is 1. The van der Waals surface area contributed by atoms with Gasteiger partial charge in [-0.1, -0.05) is 38.3 Å². The average Bonchev–Trinajstić information content (AvgIpc) is 2.25. The molecule has 15 heavy (non-hydrogen) atoms. The van der Waals surface area contributed by atoms with E-state index in [0.29, 0.717) is 18.3 Å². The van der Waals surface area contributed by atoms with Crippen molar-refractivity contribution in [1.82, 2.24) is 5.32 Å². The summed E-state index contributed by atoms with van der Waals surface area (Å²) < 4.78 is 0. The van der Waals surface area contributed by atoms with Crippen LogP contribution in [0.1, 0.15) is 52.4 Å². The minimum absolute atomic E-state index is 0.299. The maximum atomic E-state index is 8.38. The molecule has 0 spiro atoms. The summed E-state index contributed by atoms with van der Waals surface area (Å²) in [5.74, 6) is 0.299. The van der Waals surface area contributed by atoms with E-state index in [1.165, 1.54) is 32.1 Å². The number of hydrogen-bond donors (Lipinski definition) is 3. The molecule has 1 unspecified atom stereocenters. The zero-order chi connectivity index (χ0) is 11.5. The highest BCUT2D eigenvalue weighted by Crippen LogP contribution is 2.06. The van der Waals surface area contributed by atoms with Crippen molar-refractivity contribution in [2.24, 2.45) is 10.9 Å². The van der Waals surface area contributed by atoms with Crippen LogP contribution in [0.25, 0.3) is 0 Å². The first-order valence-electron chi connectivity index (χ1n) is 5.94. The van der Waals surface area contributed by atoms with Gasteiger partial charge < -0.3 is 16.3 Å². The molecule has 0 saturated carbocycles. The van der Waals surface area contributed by atoms with Crippen LogP contribution >= 0.6 is 0 Å². The fourth-order valence-electron chi connectivity index (χ4n) is 1.60. The Morgan fingerprint density at radius 1 is 1.33 bits per heavy atom. The van der Waals surface area contributed by atoms with E-state index in [1.54, 1.807) is 0 Å². The molecule has 0 amide bonds. The first-order valence-corrected chi connectivity index (χ1v) is 5.94. The van der Waals surface area contributed by atoms with Crippen LogP contribution in [0.4, 0.5) is 0 Å². The highest BCUT2D eigenvalue weighted by molar-refractivity contribution is 5.79. The second-order valence-electron chi connectivity index (χ2n) is 3.92. The molecule has 0 fully saturated rings. The quantitative estimate of drug-likeness (QED) is 0.239. The van der Waals surface area contributed by atoms with Gasteiger partial charge in [0.25, 0.3) is 0 Å². The van der Waals surface area contributed by atoms with Gasteiger partial charge in [0.15, 0.2) is 0 Å². The van der Waals surface area contributed by atoms with Gasteiger partial charge in [0.1, 0.15) is 5.84 Å². The lowest BCUT2D eigenvalue weighted by atomic mass is 10.1. The average molecular weight is 215 g/mol. The zero-order valence-electron chi connectivity index (χ0n) is 10.00. The number of unbranched alkanes of at least 4 members (excludes halogenated alkanes) is 1. The van der Waals surface area contributed by atoms with Gasteiger partial charge in [-0.3, -0.25) is 0 Å². The topological polar surface area (TPSA) is 70.6 Å². The summed E-state index contributed by atoms with van der Waals surface area (Å²) in [4.78, 5) is 0. The van der Waals surface area contributed by atoms with Gasteiger partial charge in [0.2, 0.25) is 0 Å². The monoisotopic (exact) mass is 215 g/mol. The summed E-state index contributed by atoms with van der Waals surface area (Å²) in [5, 5.41) is 14.8. The van der Waals surface area contributed by atoms with Crippen molar-refractivity contribution in [3.05, 3.63) is 0 Å². The standard InChI is InChI=1S/C11H25N3O/c1-3-5-7-10(6-4-2)13-9-8-11(12)14-15/h10,13,15H,3-9H2,1-2H3,(H2,12,14). The Kier molecular flexibility index (Phi) is 9.27. The fraction of sp³-hybridized carbons (Fsp3) is 0.909. The van der Waals surface area contributed by atoms with E-state index >= 15 is 0 Å². The van der Waals surface area contributed by atoms with Crippen molar-refractivity contribution < 1.29 is 5.21 Å². The molecule has 0 heterocycles. The van der Waals surface area contributed by atoms with Gasteiger partial charge >= 0.3 is 0 Å². The van der Waals surface area contributed by atoms with Gasteiger partial charge in [0.05, 0.1) is 0 Å². The molecule has 4 N–H and O–H groups in total. The van der Waals surface area contributed by atoms with Crippen molar-refractivity contribution in [1.29, 1.82) is 0 Å². The van der Waals surface area contributed by atoms with Gasteiger partial charge in [-0.25, -0.2) is 0 Å². The third kappa shape index (κ3) is 8.24. The smallest absolute Gasteiger partial charge is 0.140 e. The minimum atomic E-state index is 0.299. The van der Waals surface area contributed by atoms with Gasteiger partial charge in [-0.05, 0) is 12.8 Å². The Bertz CT molecular complexity index is 171. The Balaban J connectivity index is 3.64. The lowest BCUT2D eigenvalue weighted by Crippen LogP contribution is -2.32. The van der Waals surface area contributed by atoms with E-state index in [9.17, 15) is 0 Å². The molecule has 4 nitrogen and oxygen atoms in total. The first-order chi connectivity index (χ1) is 7.24. The van der Waals surface area contributed by atoms with Crippen molar-refractivity contribution in [2.45, 2.75) is 58.4 Å². The first kappa shape index (κ1) is 14.2. The van der Waals surface area contributed by atoms with Crippen LogP contribution < -0.4 is 11.1 Å². The highest BCUT2D eigenvalue weighted by atomic mass is 16.4. The second kappa shape index (κ2) is 9.77. The van der Waals surface area contributed by atoms with E-state index in [-0.39, 0.29) is 0 Å². The van der Waals surface area contributed by atoms with E-state index in [1.807, 2.05) is 0 Å². The summed E-state index contributed by atoms with van der Waals surface area (Å²) in [6, 6.07) is 0.585. The molecule has 0 aromatic rings. The fourth-order valence-corrected chi connectivity index (χ4v) is 1.60. The molecule has 0 aliphatic carbocycles. The van der Waals surface area contributed by atoms with Gasteiger partial charge in [-0.15, -0.1) is 0 Å². The van der Waals surface area contributed by atoms with E-state index in [4.69, 9.17) is 10.9 Å². The summed E-state index contributed by atoms with van der Waals surface area (Å²) >= 11 is 0. The Morgan fingerprint density at radius 2 is 2.07 bits per heavy atom. The van der Waals surface area contributed by atoms with Crippen LogP contribution in [-0.2, 0) is 0 Å². The number of nitrogens with one attached hydrogen (secondary N) is 1. The molecule has 0 aliphatic rings. The van der Waals surface area contributed by atoms with Crippen LogP contribution in [0, 0.1) is 0 Å². The Labute approximate surface area is 92.9 Å². The normalized spacial score (nSPS) is 14.1. The third-order valence-electron chi connectivity index (χ3n) is 2.49. The van der Waals surface area contributed by atoms with Crippen LogP contribution in [0.2, 0.25) is 0 Å². The van der Waals surface area contributed by atoms with Crippen LogP contribution in [0.15, 0.2) is 5.16 Å². The van der Waals surface area contributed by atoms with E-state index in [2.05, 4.69) is 24.3 Å². The van der Waals surface area contributed by atoms with Crippen LogP contribution in [0.3, 0.4) is 0 Å². The lowest BCUT2D eigenvalue weighted by molar-refractivity contribution is 0.316. The number of rotatable bonds is 9. The van der Waals surface area contributed by atoms with Gasteiger partial charge in [0, 0.05) is 19.0 Å². The molecule has 0 saturated heterocycles. The molecular formula is C11H25N3O. The van der Waals surface area contributed by atoms with Crippen LogP contribution in [0.5, 0.6) is 0 Å². The Hall–Kier alpha value is -0.770. The van der Waals surface area contributed by atoms with Crippen molar-refractivity contribution in [3.8, 4) is 0 Å². The molecule has 0 aromatic heterocycles. The molecule has 0 rings (SSSR count). The predicted octanol–water partition coefficient (Wildman–Crippen LogP) is 2.07. The molecule has 0 aromatic carbocycles. The number of oxime groups is 1. The molecular weight excluding hydrogens is 190 g/mol. The molecule has 90 valence electrons. The number of nitrogens with two attached hydrogens (primary N) is 1. The molecule has 0 aliphatic heterocycles. The second-order valence-corrected chi connectivity index (χ2v) is 3.92. The largest absolute Gasteiger partial charge is 0.409 e. The van der Waals surface area contributed by atoms with Crippen LogP contribution in [-0.4, -0.2) is 23.6 Å². The molecule has 4 heteroatoms. The van der Waals surface area contributed by atoms with Crippen molar-refractivity contribution in [3.63, 3.8) is 0 Å². The highest BCUT2D eigenvalue weighted by Gasteiger charge is 2.06. The van der Waals surface area contributed by atoms with Gasteiger partial charge in [-0.2, -0.15) is 0 Å². The maximum Gasteiger partial charge on any atom is 0.140 e. The van der Waals surface area contributed by atoms with E-state index < -0.39 is 0 Å². The molecule has 1 atom stereocenters. The molecule has 0 bridgehead atoms. The Morgan fingerprint density at radius 3 is 2.60 bits per heavy atom. The van der Waals surface area contributed by atoms with Crippen molar-refractivity contribution >= 4 is 5.84 Å². The summed E-state index contributed by atoms with van der Waals surface area (Å²) in [5.41, 5.74) is 5.39. The summed E-state index contributed by atoms with van der Waals surface area (Å²) in [7, 11) is 0. The van der Waals surface area contributed by atoms with E-state index in [0.717, 1.165) is 6.54 Å². The maximum absolute atomic E-state index is 8.38. The van der Waals surface area contributed by atoms with Crippen molar-refractivity contribution in [2.75, 3.05) is 6.54 Å². The molecule has 0 radical (unpaired) electrons. The summed E-state index contributed by atoms with van der Waals surface area (Å²) in [6.45, 7) is 5.20. The zero-order valence-corrected chi connectivity index (χ0v) is 10.00. The third-order valence-corrected chi connectivity index (χ3v) is 2.49. The predicted molar refractivity (Wildman–Crippen MR) is 64.2 cm³/mol. The SMILES string of the molecule is CCCCC(CCC)NCCC(N)=NO. The minimum Gasteiger partial charge on any atom is -0.409 e. The summed E-state index contributed by atoms with van der Waals surface area (Å²) in [6.07, 6.45) is 6.74. The number of amidine groups is 1.